The van der Waals surface area contributed by atoms with E-state index in [1.165, 1.54) is 30.2 Å². The van der Waals surface area contributed by atoms with Gasteiger partial charge in [-0.1, -0.05) is 31.2 Å². The number of para-hydroxylation sites is 1. The lowest BCUT2D eigenvalue weighted by Gasteiger charge is -2.32. The van der Waals surface area contributed by atoms with Crippen LogP contribution in [0.1, 0.15) is 25.8 Å². The summed E-state index contributed by atoms with van der Waals surface area (Å²) in [5.74, 6) is -1.11. The highest BCUT2D eigenvalue weighted by Crippen LogP contribution is 2.23. The van der Waals surface area contributed by atoms with E-state index in [1.54, 1.807) is 38.1 Å². The van der Waals surface area contributed by atoms with Crippen molar-refractivity contribution in [3.63, 3.8) is 0 Å². The summed E-state index contributed by atoms with van der Waals surface area (Å²) in [4.78, 5) is 27.4. The quantitative estimate of drug-likeness (QED) is 0.534. The van der Waals surface area contributed by atoms with Crippen LogP contribution in [0.2, 0.25) is 0 Å². The zero-order valence-electron chi connectivity index (χ0n) is 19.2. The number of nitrogens with one attached hydrogen (secondary N) is 1. The van der Waals surface area contributed by atoms with Crippen LogP contribution in [0.25, 0.3) is 0 Å². The van der Waals surface area contributed by atoms with Crippen LogP contribution in [0.4, 0.5) is 10.1 Å². The Morgan fingerprint density at radius 3 is 2.24 bits per heavy atom. The third-order valence-corrected chi connectivity index (χ3v) is 6.18. The number of nitrogens with zero attached hydrogens (tertiary/aromatic N) is 2. The van der Waals surface area contributed by atoms with Crippen molar-refractivity contribution >= 4 is 27.5 Å². The van der Waals surface area contributed by atoms with Crippen LogP contribution in [-0.4, -0.2) is 57.6 Å². The standard InChI is InChI=1S/C23H30FN3O5S/c1-5-20(23(29)25-6-2)26(15-17-11-13-18(32-3)14-12-17)22(28)16-27(33(4,30)31)21-10-8-7-9-19(21)24/h7-14,20H,5-6,15-16H2,1-4H3,(H,25,29)/t20-/m0/s1. The molecule has 1 N–H and O–H groups in total. The van der Waals surface area contributed by atoms with Crippen LogP contribution >= 0.6 is 0 Å². The lowest BCUT2D eigenvalue weighted by Crippen LogP contribution is -2.52. The Balaban J connectivity index is 2.43. The van der Waals surface area contributed by atoms with Crippen molar-refractivity contribution in [1.29, 1.82) is 0 Å². The predicted octanol–water partition coefficient (Wildman–Crippen LogP) is 2.54. The number of carbonyl (C=O) groups is 2. The number of amides is 2. The molecule has 2 aromatic carbocycles. The maximum absolute atomic E-state index is 14.4. The molecule has 1 atom stereocenters. The van der Waals surface area contributed by atoms with E-state index in [-0.39, 0.29) is 18.1 Å². The number of likely N-dealkylation sites (N-methyl/N-ethyl adjacent to an activating group) is 1. The second kappa shape index (κ2) is 11.6. The summed E-state index contributed by atoms with van der Waals surface area (Å²) >= 11 is 0. The fourth-order valence-corrected chi connectivity index (χ4v) is 4.24. The van der Waals surface area contributed by atoms with Gasteiger partial charge < -0.3 is 15.0 Å². The molecule has 0 heterocycles. The monoisotopic (exact) mass is 479 g/mol. The normalized spacial score (nSPS) is 12.0. The molecule has 2 amide bonds. The van der Waals surface area contributed by atoms with Gasteiger partial charge in [-0.2, -0.15) is 0 Å². The summed E-state index contributed by atoms with van der Waals surface area (Å²) in [7, 11) is -2.45. The predicted molar refractivity (Wildman–Crippen MR) is 125 cm³/mol. The number of sulfonamides is 1. The lowest BCUT2D eigenvalue weighted by atomic mass is 10.1. The van der Waals surface area contributed by atoms with Crippen LogP contribution in [0.15, 0.2) is 48.5 Å². The van der Waals surface area contributed by atoms with Crippen molar-refractivity contribution in [2.24, 2.45) is 0 Å². The van der Waals surface area contributed by atoms with Gasteiger partial charge in [0.2, 0.25) is 21.8 Å². The molecule has 2 aromatic rings. The number of halogens is 1. The van der Waals surface area contributed by atoms with Crippen LogP contribution in [0, 0.1) is 5.82 Å². The van der Waals surface area contributed by atoms with Crippen molar-refractivity contribution in [2.45, 2.75) is 32.9 Å². The van der Waals surface area contributed by atoms with Gasteiger partial charge in [0.15, 0.2) is 0 Å². The Morgan fingerprint density at radius 1 is 1.09 bits per heavy atom. The van der Waals surface area contributed by atoms with Gasteiger partial charge in [0.25, 0.3) is 0 Å². The minimum atomic E-state index is -3.99. The van der Waals surface area contributed by atoms with Crippen molar-refractivity contribution in [1.82, 2.24) is 10.2 Å². The van der Waals surface area contributed by atoms with E-state index in [9.17, 15) is 22.4 Å². The van der Waals surface area contributed by atoms with Crippen LogP contribution in [-0.2, 0) is 26.2 Å². The molecule has 0 fully saturated rings. The molecule has 0 unspecified atom stereocenters. The second-order valence-electron chi connectivity index (χ2n) is 7.41. The summed E-state index contributed by atoms with van der Waals surface area (Å²) in [5.41, 5.74) is 0.493. The third-order valence-electron chi connectivity index (χ3n) is 5.05. The number of hydrogen-bond donors (Lipinski definition) is 1. The largest absolute Gasteiger partial charge is 0.497 e. The lowest BCUT2D eigenvalue weighted by molar-refractivity contribution is -0.140. The summed E-state index contributed by atoms with van der Waals surface area (Å²) < 4.78 is 45.1. The van der Waals surface area contributed by atoms with E-state index in [2.05, 4.69) is 5.32 Å². The number of benzene rings is 2. The average Bonchev–Trinajstić information content (AvgIpc) is 2.77. The van der Waals surface area contributed by atoms with E-state index < -0.39 is 34.3 Å². The second-order valence-corrected chi connectivity index (χ2v) is 9.32. The number of carbonyl (C=O) groups excluding carboxylic acids is 2. The highest BCUT2D eigenvalue weighted by atomic mass is 32.2. The molecule has 0 radical (unpaired) electrons. The van der Waals surface area contributed by atoms with Gasteiger partial charge >= 0.3 is 0 Å². The molecule has 180 valence electrons. The number of ether oxygens (including phenoxy) is 1. The molecule has 0 aliphatic carbocycles. The molecule has 0 aromatic heterocycles. The summed E-state index contributed by atoms with van der Waals surface area (Å²) in [5, 5.41) is 2.72. The van der Waals surface area contributed by atoms with Crippen molar-refractivity contribution in [2.75, 3.05) is 30.8 Å². The Labute approximate surface area is 194 Å². The molecule has 2 rings (SSSR count). The molecule has 0 saturated heterocycles. The summed E-state index contributed by atoms with van der Waals surface area (Å²) in [6.45, 7) is 3.33. The van der Waals surface area contributed by atoms with E-state index in [4.69, 9.17) is 4.74 Å². The van der Waals surface area contributed by atoms with Gasteiger partial charge in [-0.05, 0) is 43.2 Å². The Hall–Kier alpha value is -3.14. The number of methoxy groups -OCH3 is 1. The molecule has 0 aliphatic rings. The number of rotatable bonds is 11. The number of hydrogen-bond acceptors (Lipinski definition) is 5. The average molecular weight is 480 g/mol. The van der Waals surface area contributed by atoms with Crippen LogP contribution in [0.5, 0.6) is 5.75 Å². The fraction of sp³-hybridized carbons (Fsp3) is 0.391. The van der Waals surface area contributed by atoms with Gasteiger partial charge in [0.1, 0.15) is 24.2 Å². The van der Waals surface area contributed by atoms with Gasteiger partial charge in [0.05, 0.1) is 19.1 Å². The molecule has 0 bridgehead atoms. The van der Waals surface area contributed by atoms with E-state index in [0.717, 1.165) is 22.2 Å². The highest BCUT2D eigenvalue weighted by molar-refractivity contribution is 7.92. The SMILES string of the molecule is CCNC(=O)[C@H](CC)N(Cc1ccc(OC)cc1)C(=O)CN(c1ccccc1F)S(C)(=O)=O. The highest BCUT2D eigenvalue weighted by Gasteiger charge is 2.32. The van der Waals surface area contributed by atoms with Crippen LogP contribution < -0.4 is 14.4 Å². The Morgan fingerprint density at radius 2 is 1.73 bits per heavy atom. The van der Waals surface area contributed by atoms with E-state index in [1.807, 2.05) is 0 Å². The van der Waals surface area contributed by atoms with Gasteiger partial charge in [-0.25, -0.2) is 12.8 Å². The molecule has 8 nitrogen and oxygen atoms in total. The first-order valence-electron chi connectivity index (χ1n) is 10.5. The molecule has 0 spiro atoms. The van der Waals surface area contributed by atoms with E-state index in [0.29, 0.717) is 18.7 Å². The molecule has 0 aliphatic heterocycles. The third kappa shape index (κ3) is 6.92. The zero-order chi connectivity index (χ0) is 24.6. The molecular formula is C23H30FN3O5S. The fourth-order valence-electron chi connectivity index (χ4n) is 3.39. The minimum absolute atomic E-state index is 0.0628. The van der Waals surface area contributed by atoms with Crippen molar-refractivity contribution in [3.8, 4) is 5.75 Å². The molecule has 0 saturated carbocycles. The van der Waals surface area contributed by atoms with Crippen LogP contribution in [0.3, 0.4) is 0 Å². The first kappa shape index (κ1) is 26.1. The topological polar surface area (TPSA) is 96.0 Å². The summed E-state index contributed by atoms with van der Waals surface area (Å²) in [6.07, 6.45) is 1.22. The molecule has 10 heteroatoms. The molecular weight excluding hydrogens is 449 g/mol. The maximum atomic E-state index is 14.4. The first-order chi connectivity index (χ1) is 15.6. The van der Waals surface area contributed by atoms with Gasteiger partial charge in [-0.3, -0.25) is 13.9 Å². The zero-order valence-corrected chi connectivity index (χ0v) is 20.1. The van der Waals surface area contributed by atoms with Crippen molar-refractivity contribution < 1.29 is 27.1 Å². The smallest absolute Gasteiger partial charge is 0.244 e. The van der Waals surface area contributed by atoms with Crippen molar-refractivity contribution in [3.05, 3.63) is 59.9 Å². The minimum Gasteiger partial charge on any atom is -0.497 e. The summed E-state index contributed by atoms with van der Waals surface area (Å²) in [6, 6.07) is 11.5. The van der Waals surface area contributed by atoms with Gasteiger partial charge in [0, 0.05) is 13.1 Å². The Kier molecular flexibility index (Phi) is 9.22. The van der Waals surface area contributed by atoms with Gasteiger partial charge in [-0.15, -0.1) is 0 Å². The Bertz CT molecular complexity index is 1060. The first-order valence-corrected chi connectivity index (χ1v) is 12.4. The van der Waals surface area contributed by atoms with E-state index >= 15 is 0 Å². The number of anilines is 1. The molecule has 33 heavy (non-hydrogen) atoms. The maximum Gasteiger partial charge on any atom is 0.244 e.